The van der Waals surface area contributed by atoms with Gasteiger partial charge in [-0.2, -0.15) is 0 Å². The van der Waals surface area contributed by atoms with E-state index in [1.165, 1.54) is 0 Å². The lowest BCUT2D eigenvalue weighted by atomic mass is 10.1. The second-order valence-corrected chi connectivity index (χ2v) is 8.15. The lowest BCUT2D eigenvalue weighted by molar-refractivity contribution is -0.133. The highest BCUT2D eigenvalue weighted by molar-refractivity contribution is 5.81. The van der Waals surface area contributed by atoms with E-state index in [1.807, 2.05) is 21.0 Å². The van der Waals surface area contributed by atoms with E-state index in [0.717, 1.165) is 64.2 Å². The summed E-state index contributed by atoms with van der Waals surface area (Å²) in [5.74, 6) is 1.04. The van der Waals surface area contributed by atoms with Gasteiger partial charge in [0.2, 0.25) is 5.91 Å². The Hall–Kier alpha value is -2.03. The lowest BCUT2D eigenvalue weighted by Crippen LogP contribution is -2.50. The van der Waals surface area contributed by atoms with Crippen LogP contribution in [0.3, 0.4) is 0 Å². The number of ether oxygens (including phenoxy) is 1. The van der Waals surface area contributed by atoms with Gasteiger partial charge in [-0.3, -0.25) is 14.7 Å². The molecule has 1 atom stereocenters. The van der Waals surface area contributed by atoms with Crippen LogP contribution in [0.25, 0.3) is 0 Å². The van der Waals surface area contributed by atoms with Crippen molar-refractivity contribution in [1.82, 2.24) is 25.3 Å². The molecule has 2 amide bonds. The largest absolute Gasteiger partial charge is 0.450 e. The van der Waals surface area contributed by atoms with Crippen LogP contribution in [0.4, 0.5) is 4.79 Å². The molecule has 0 spiro atoms. The number of carbonyl (C=O) groups excluding carboxylic acids is 2. The molecule has 0 bridgehead atoms. The van der Waals surface area contributed by atoms with Crippen LogP contribution < -0.4 is 10.6 Å². The fourth-order valence-corrected chi connectivity index (χ4v) is 4.07. The first kappa shape index (κ1) is 24.2. The smallest absolute Gasteiger partial charge is 0.409 e. The number of carbonyl (C=O) groups is 2. The van der Waals surface area contributed by atoms with E-state index in [1.54, 1.807) is 9.80 Å². The van der Waals surface area contributed by atoms with Crippen molar-refractivity contribution in [2.75, 3.05) is 60.0 Å². The highest BCUT2D eigenvalue weighted by Crippen LogP contribution is 2.19. The minimum Gasteiger partial charge on any atom is -0.450 e. The molecule has 2 N–H and O–H groups in total. The summed E-state index contributed by atoms with van der Waals surface area (Å²) in [5, 5.41) is 6.82. The van der Waals surface area contributed by atoms with Gasteiger partial charge in [-0.25, -0.2) is 4.79 Å². The van der Waals surface area contributed by atoms with Crippen LogP contribution >= 0.6 is 0 Å². The molecule has 0 aromatic rings. The summed E-state index contributed by atoms with van der Waals surface area (Å²) < 4.78 is 5.08. The highest BCUT2D eigenvalue weighted by Gasteiger charge is 2.31. The number of likely N-dealkylation sites (N-methyl/N-ethyl adjacent to an activating group) is 1. The van der Waals surface area contributed by atoms with Crippen molar-refractivity contribution in [2.24, 2.45) is 4.99 Å². The molecule has 2 aliphatic rings. The third kappa shape index (κ3) is 7.34. The molecule has 9 nitrogen and oxygen atoms in total. The van der Waals surface area contributed by atoms with Crippen molar-refractivity contribution >= 4 is 18.0 Å². The van der Waals surface area contributed by atoms with Crippen molar-refractivity contribution in [3.8, 4) is 0 Å². The molecule has 0 aromatic heterocycles. The van der Waals surface area contributed by atoms with Crippen molar-refractivity contribution < 1.29 is 14.3 Å². The fraction of sp³-hybridized carbons (Fsp3) is 0.857. The monoisotopic (exact) mass is 424 g/mol. The standard InChI is InChI=1S/C21H40N6O3/c1-5-22-20(24-17-10-15-27(16-11-17)21(29)30-6-2)23-12-8-14-26-13-7-9-18(26)19(28)25(3)4/h17-18H,5-16H2,1-4H3,(H2,22,23,24). The molecule has 1 unspecified atom stereocenters. The average Bonchev–Trinajstić information content (AvgIpc) is 3.19. The number of likely N-dealkylation sites (tertiary alicyclic amines) is 2. The molecule has 2 heterocycles. The average molecular weight is 425 g/mol. The van der Waals surface area contributed by atoms with Crippen LogP contribution in [0.2, 0.25) is 0 Å². The van der Waals surface area contributed by atoms with Crippen LogP contribution in [0.1, 0.15) is 46.0 Å². The van der Waals surface area contributed by atoms with Gasteiger partial charge in [0.25, 0.3) is 0 Å². The van der Waals surface area contributed by atoms with E-state index >= 15 is 0 Å². The van der Waals surface area contributed by atoms with Gasteiger partial charge in [-0.15, -0.1) is 0 Å². The number of hydrogen-bond acceptors (Lipinski definition) is 5. The van der Waals surface area contributed by atoms with Crippen LogP contribution in [0.15, 0.2) is 4.99 Å². The van der Waals surface area contributed by atoms with Crippen LogP contribution in [-0.2, 0) is 9.53 Å². The maximum Gasteiger partial charge on any atom is 0.409 e. The first-order valence-corrected chi connectivity index (χ1v) is 11.4. The summed E-state index contributed by atoms with van der Waals surface area (Å²) in [4.78, 5) is 34.6. The second-order valence-electron chi connectivity index (χ2n) is 8.15. The van der Waals surface area contributed by atoms with Crippen LogP contribution in [0, 0.1) is 0 Å². The summed E-state index contributed by atoms with van der Waals surface area (Å²) in [6.45, 7) is 9.11. The van der Waals surface area contributed by atoms with Crippen molar-refractivity contribution in [1.29, 1.82) is 0 Å². The number of piperidine rings is 1. The Bertz CT molecular complexity index is 575. The summed E-state index contributed by atoms with van der Waals surface area (Å²) in [6.07, 6.45) is 4.51. The predicted octanol–water partition coefficient (Wildman–Crippen LogP) is 1.11. The Morgan fingerprint density at radius 3 is 2.50 bits per heavy atom. The molecule has 172 valence electrons. The quantitative estimate of drug-likeness (QED) is 0.345. The number of hydrogen-bond donors (Lipinski definition) is 2. The molecular weight excluding hydrogens is 384 g/mol. The molecule has 0 aromatic carbocycles. The molecule has 2 saturated heterocycles. The third-order valence-electron chi connectivity index (χ3n) is 5.67. The Morgan fingerprint density at radius 1 is 1.13 bits per heavy atom. The van der Waals surface area contributed by atoms with Gasteiger partial charge in [0, 0.05) is 52.9 Å². The van der Waals surface area contributed by atoms with Gasteiger partial charge in [0.15, 0.2) is 5.96 Å². The zero-order valence-corrected chi connectivity index (χ0v) is 19.2. The molecule has 0 aliphatic carbocycles. The fourth-order valence-electron chi connectivity index (χ4n) is 4.07. The minimum atomic E-state index is -0.218. The topological polar surface area (TPSA) is 89.5 Å². The number of aliphatic imine (C=N–C) groups is 1. The van der Waals surface area contributed by atoms with Crippen molar-refractivity contribution in [3.05, 3.63) is 0 Å². The Kier molecular flexibility index (Phi) is 10.2. The van der Waals surface area contributed by atoms with Gasteiger partial charge in [0.05, 0.1) is 12.6 Å². The second kappa shape index (κ2) is 12.6. The molecule has 0 radical (unpaired) electrons. The maximum atomic E-state index is 12.3. The molecule has 9 heteroatoms. The molecule has 2 fully saturated rings. The van der Waals surface area contributed by atoms with E-state index in [9.17, 15) is 9.59 Å². The third-order valence-corrected chi connectivity index (χ3v) is 5.67. The first-order valence-electron chi connectivity index (χ1n) is 11.4. The van der Waals surface area contributed by atoms with Crippen molar-refractivity contribution in [3.63, 3.8) is 0 Å². The SMILES string of the molecule is CCNC(=NCCCN1CCCC1C(=O)N(C)C)NC1CCN(C(=O)OCC)CC1. The highest BCUT2D eigenvalue weighted by atomic mass is 16.6. The van der Waals surface area contributed by atoms with Gasteiger partial charge >= 0.3 is 6.09 Å². The predicted molar refractivity (Wildman–Crippen MR) is 119 cm³/mol. The molecule has 30 heavy (non-hydrogen) atoms. The van der Waals surface area contributed by atoms with E-state index in [4.69, 9.17) is 9.73 Å². The van der Waals surface area contributed by atoms with Gasteiger partial charge in [-0.05, 0) is 52.5 Å². The van der Waals surface area contributed by atoms with Gasteiger partial charge < -0.3 is 25.2 Å². The summed E-state index contributed by atoms with van der Waals surface area (Å²) in [6, 6.07) is 0.328. The summed E-state index contributed by atoms with van der Waals surface area (Å²) in [5.41, 5.74) is 0. The van der Waals surface area contributed by atoms with Gasteiger partial charge in [0.1, 0.15) is 0 Å². The van der Waals surface area contributed by atoms with E-state index < -0.39 is 0 Å². The van der Waals surface area contributed by atoms with Crippen LogP contribution in [-0.4, -0.2) is 105 Å². The molecule has 2 aliphatic heterocycles. The Balaban J connectivity index is 1.75. The number of amides is 2. The van der Waals surface area contributed by atoms with Crippen LogP contribution in [0.5, 0.6) is 0 Å². The maximum absolute atomic E-state index is 12.3. The molecule has 0 saturated carbocycles. The van der Waals surface area contributed by atoms with E-state index in [0.29, 0.717) is 25.7 Å². The number of nitrogens with one attached hydrogen (secondary N) is 2. The van der Waals surface area contributed by atoms with E-state index in [2.05, 4.69) is 22.5 Å². The van der Waals surface area contributed by atoms with Crippen molar-refractivity contribution in [2.45, 2.75) is 58.0 Å². The normalized spacial score (nSPS) is 20.9. The Morgan fingerprint density at radius 2 is 1.87 bits per heavy atom. The van der Waals surface area contributed by atoms with Gasteiger partial charge in [-0.1, -0.05) is 0 Å². The summed E-state index contributed by atoms with van der Waals surface area (Å²) in [7, 11) is 3.66. The number of rotatable bonds is 8. The lowest BCUT2D eigenvalue weighted by Gasteiger charge is -2.32. The number of guanidine groups is 1. The first-order chi connectivity index (χ1) is 14.5. The zero-order chi connectivity index (χ0) is 21.9. The zero-order valence-electron chi connectivity index (χ0n) is 19.2. The minimum absolute atomic E-state index is 0.0277. The molecule has 2 rings (SSSR count). The summed E-state index contributed by atoms with van der Waals surface area (Å²) >= 11 is 0. The molecular formula is C21H40N6O3. The van der Waals surface area contributed by atoms with E-state index in [-0.39, 0.29) is 18.0 Å². The number of nitrogens with zero attached hydrogens (tertiary/aromatic N) is 4. The Labute approximate surface area is 181 Å².